The van der Waals surface area contributed by atoms with E-state index in [1.807, 2.05) is 126 Å². The Morgan fingerprint density at radius 3 is 1.66 bits per heavy atom. The van der Waals surface area contributed by atoms with Gasteiger partial charge in [0.05, 0.1) is 25.9 Å². The van der Waals surface area contributed by atoms with Gasteiger partial charge in [-0.05, 0) is 35.2 Å². The Hall–Kier alpha value is -4.70. The van der Waals surface area contributed by atoms with Gasteiger partial charge >= 0.3 is 6.03 Å². The van der Waals surface area contributed by atoms with Gasteiger partial charge < -0.3 is 34.2 Å². The van der Waals surface area contributed by atoms with E-state index >= 15 is 0 Å². The summed E-state index contributed by atoms with van der Waals surface area (Å²) in [6.45, 7) is 6.34. The zero-order chi connectivity index (χ0) is 34.5. The molecule has 0 spiro atoms. The summed E-state index contributed by atoms with van der Waals surface area (Å²) >= 11 is 0. The first-order valence-corrected chi connectivity index (χ1v) is 17.7. The van der Waals surface area contributed by atoms with Crippen molar-refractivity contribution in [2.45, 2.75) is 57.5 Å². The van der Waals surface area contributed by atoms with Crippen molar-refractivity contribution in [3.8, 4) is 0 Å². The molecule has 262 valence electrons. The zero-order valence-corrected chi connectivity index (χ0v) is 28.8. The molecular weight excluding hydrogens is 628 g/mol. The second kappa shape index (κ2) is 17.8. The van der Waals surface area contributed by atoms with Gasteiger partial charge in [-0.3, -0.25) is 4.79 Å². The van der Waals surface area contributed by atoms with Gasteiger partial charge in [-0.25, -0.2) is 4.79 Å². The van der Waals surface area contributed by atoms with Gasteiger partial charge in [-0.15, -0.1) is 0 Å². The van der Waals surface area contributed by atoms with Crippen molar-refractivity contribution in [2.24, 2.45) is 0 Å². The van der Waals surface area contributed by atoms with Crippen LogP contribution in [0.2, 0.25) is 0 Å². The van der Waals surface area contributed by atoms with Crippen LogP contribution in [-0.2, 0) is 38.8 Å². The molecule has 2 heterocycles. The monoisotopic (exact) mass is 676 g/mol. The highest BCUT2D eigenvalue weighted by molar-refractivity contribution is 5.83. The number of carbonyl (C=O) groups excluding carboxylic acids is 2. The maximum Gasteiger partial charge on any atom is 0.317 e. The summed E-state index contributed by atoms with van der Waals surface area (Å²) in [5.74, 6) is -0.156. The molecule has 0 aliphatic carbocycles. The van der Waals surface area contributed by atoms with E-state index in [-0.39, 0.29) is 31.7 Å². The van der Waals surface area contributed by atoms with E-state index in [9.17, 15) is 9.59 Å². The van der Waals surface area contributed by atoms with Crippen LogP contribution in [0.4, 0.5) is 10.5 Å². The molecule has 4 aromatic carbocycles. The van der Waals surface area contributed by atoms with E-state index in [0.29, 0.717) is 26.2 Å². The molecule has 0 saturated carbocycles. The smallest absolute Gasteiger partial charge is 0.317 e. The maximum absolute atomic E-state index is 14.4. The van der Waals surface area contributed by atoms with Gasteiger partial charge in [0.25, 0.3) is 5.91 Å². The number of likely N-dealkylation sites (tertiary alicyclic amines) is 1. The molecule has 2 saturated heterocycles. The average molecular weight is 677 g/mol. The molecule has 6 rings (SSSR count). The Morgan fingerprint density at radius 1 is 0.660 bits per heavy atom. The number of amides is 3. The standard InChI is InChI=1S/C41H48N4O5/c1-2-23-45-36(28-42-41(47)44-26-24-43(25-27-44)35-21-13-6-14-22-35)37(48-29-32-15-7-3-8-16-32)38(49-30-33-17-9-4-10-18-33)39(40(45)46)50-31-34-19-11-5-12-20-34/h3-22,36-39H,2,23-31H2,1H3,(H,42,47)/t36-,37-,38-,39-/m1/s1. The van der Waals surface area contributed by atoms with Crippen molar-refractivity contribution in [3.63, 3.8) is 0 Å². The molecule has 0 aromatic heterocycles. The van der Waals surface area contributed by atoms with Crippen LogP contribution >= 0.6 is 0 Å². The highest BCUT2D eigenvalue weighted by Gasteiger charge is 2.51. The second-order valence-corrected chi connectivity index (χ2v) is 12.8. The Balaban J connectivity index is 1.23. The van der Waals surface area contributed by atoms with Crippen molar-refractivity contribution >= 4 is 17.6 Å². The van der Waals surface area contributed by atoms with E-state index in [0.717, 1.165) is 41.9 Å². The van der Waals surface area contributed by atoms with Gasteiger partial charge in [0.15, 0.2) is 6.10 Å². The largest absolute Gasteiger partial charge is 0.368 e. The molecule has 4 aromatic rings. The summed E-state index contributed by atoms with van der Waals surface area (Å²) in [5.41, 5.74) is 4.12. The third kappa shape index (κ3) is 9.09. The third-order valence-corrected chi connectivity index (χ3v) is 9.39. The minimum atomic E-state index is -0.899. The first-order chi connectivity index (χ1) is 24.6. The molecule has 2 aliphatic rings. The number of rotatable bonds is 14. The van der Waals surface area contributed by atoms with E-state index in [1.54, 1.807) is 0 Å². The number of piperazine rings is 1. The lowest BCUT2D eigenvalue weighted by Gasteiger charge is -2.48. The topological polar surface area (TPSA) is 83.6 Å². The molecule has 1 N–H and O–H groups in total. The Bertz CT molecular complexity index is 1600. The van der Waals surface area contributed by atoms with Crippen LogP contribution in [0.3, 0.4) is 0 Å². The molecule has 3 amide bonds. The summed E-state index contributed by atoms with van der Waals surface area (Å²) in [7, 11) is 0. The van der Waals surface area contributed by atoms with Gasteiger partial charge in [0.1, 0.15) is 12.2 Å². The van der Waals surface area contributed by atoms with Crippen molar-refractivity contribution in [3.05, 3.63) is 138 Å². The first kappa shape index (κ1) is 35.1. The number of ether oxygens (including phenoxy) is 3. The number of hydrogen-bond acceptors (Lipinski definition) is 6. The number of carbonyl (C=O) groups is 2. The number of hydrogen-bond donors (Lipinski definition) is 1. The molecule has 0 bridgehead atoms. The second-order valence-electron chi connectivity index (χ2n) is 12.8. The number of anilines is 1. The Morgan fingerprint density at radius 2 is 1.14 bits per heavy atom. The zero-order valence-electron chi connectivity index (χ0n) is 28.8. The number of benzene rings is 4. The van der Waals surface area contributed by atoms with Gasteiger partial charge in [0.2, 0.25) is 0 Å². The fourth-order valence-electron chi connectivity index (χ4n) is 6.74. The lowest BCUT2D eigenvalue weighted by atomic mass is 9.91. The number of urea groups is 1. The molecular formula is C41H48N4O5. The molecule has 9 heteroatoms. The lowest BCUT2D eigenvalue weighted by molar-refractivity contribution is -0.208. The number of piperidine rings is 1. The normalized spacial score (nSPS) is 20.9. The van der Waals surface area contributed by atoms with Crippen LogP contribution in [0.1, 0.15) is 30.0 Å². The minimum absolute atomic E-state index is 0.146. The third-order valence-electron chi connectivity index (χ3n) is 9.39. The Labute approximate surface area is 295 Å². The minimum Gasteiger partial charge on any atom is -0.368 e. The summed E-state index contributed by atoms with van der Waals surface area (Å²) in [6, 6.07) is 39.4. The molecule has 50 heavy (non-hydrogen) atoms. The summed E-state index contributed by atoms with van der Waals surface area (Å²) in [5, 5.41) is 3.18. The van der Waals surface area contributed by atoms with Crippen LogP contribution in [0, 0.1) is 0 Å². The van der Waals surface area contributed by atoms with E-state index in [1.165, 1.54) is 0 Å². The van der Waals surface area contributed by atoms with Crippen LogP contribution in [0.25, 0.3) is 0 Å². The fraction of sp³-hybridized carbons (Fsp3) is 0.366. The van der Waals surface area contributed by atoms with Crippen molar-refractivity contribution in [1.82, 2.24) is 15.1 Å². The maximum atomic E-state index is 14.4. The average Bonchev–Trinajstić information content (AvgIpc) is 3.18. The molecule has 4 atom stereocenters. The van der Waals surface area contributed by atoms with Crippen LogP contribution in [-0.4, -0.2) is 85.4 Å². The van der Waals surface area contributed by atoms with Crippen molar-refractivity contribution in [1.29, 1.82) is 0 Å². The summed E-state index contributed by atoms with van der Waals surface area (Å²) in [6.07, 6.45) is -1.47. The molecule has 0 unspecified atom stereocenters. The lowest BCUT2D eigenvalue weighted by Crippen LogP contribution is -2.68. The summed E-state index contributed by atoms with van der Waals surface area (Å²) < 4.78 is 19.9. The van der Waals surface area contributed by atoms with Crippen LogP contribution in [0.15, 0.2) is 121 Å². The van der Waals surface area contributed by atoms with Crippen LogP contribution in [0.5, 0.6) is 0 Å². The van der Waals surface area contributed by atoms with E-state index < -0.39 is 24.4 Å². The SMILES string of the molecule is CCCN1C(=O)[C@H](OCc2ccccc2)[C@H](OCc2ccccc2)[C@H](OCc2ccccc2)[C@H]1CNC(=O)N1CCN(c2ccccc2)CC1. The first-order valence-electron chi connectivity index (χ1n) is 17.7. The molecule has 0 radical (unpaired) electrons. The summed E-state index contributed by atoms with van der Waals surface area (Å²) in [4.78, 5) is 34.1. The predicted molar refractivity (Wildman–Crippen MR) is 194 cm³/mol. The van der Waals surface area contributed by atoms with Crippen LogP contribution < -0.4 is 10.2 Å². The number of nitrogens with zero attached hydrogens (tertiary/aromatic N) is 3. The van der Waals surface area contributed by atoms with Gasteiger partial charge in [0, 0.05) is 45.0 Å². The van der Waals surface area contributed by atoms with Gasteiger partial charge in [-0.1, -0.05) is 116 Å². The molecule has 2 fully saturated rings. The highest BCUT2D eigenvalue weighted by atomic mass is 16.6. The fourth-order valence-corrected chi connectivity index (χ4v) is 6.74. The molecule has 9 nitrogen and oxygen atoms in total. The van der Waals surface area contributed by atoms with Gasteiger partial charge in [-0.2, -0.15) is 0 Å². The number of nitrogens with one attached hydrogen (secondary N) is 1. The van der Waals surface area contributed by atoms with Crippen molar-refractivity contribution < 1.29 is 23.8 Å². The van der Waals surface area contributed by atoms with E-state index in [4.69, 9.17) is 14.2 Å². The quantitative estimate of drug-likeness (QED) is 0.179. The van der Waals surface area contributed by atoms with Crippen molar-refractivity contribution in [2.75, 3.05) is 44.2 Å². The van der Waals surface area contributed by atoms with E-state index in [2.05, 4.69) is 22.3 Å². The highest BCUT2D eigenvalue weighted by Crippen LogP contribution is 2.30. The molecule has 2 aliphatic heterocycles. The predicted octanol–water partition coefficient (Wildman–Crippen LogP) is 5.90. The number of para-hydroxylation sites is 1. The Kier molecular flexibility index (Phi) is 12.5.